The normalized spacial score (nSPS) is 11.0. The van der Waals surface area contributed by atoms with Crippen molar-refractivity contribution in [2.75, 3.05) is 51.9 Å². The minimum Gasteiger partial charge on any atom is -0.326 e. The number of carbonyl (C=O) groups is 2. The second kappa shape index (κ2) is 12.9. The molecule has 0 atom stereocenters. The monoisotopic (exact) mass is 424 g/mol. The molecule has 2 aromatic carbocycles. The van der Waals surface area contributed by atoms with Crippen molar-refractivity contribution in [2.45, 2.75) is 32.1 Å². The van der Waals surface area contributed by atoms with Gasteiger partial charge in [0.25, 0.3) is 0 Å². The number of carbonyl (C=O) groups excluding carboxylic acids is 2. The van der Waals surface area contributed by atoms with Crippen LogP contribution in [0.3, 0.4) is 0 Å². The molecule has 0 aliphatic rings. The van der Waals surface area contributed by atoms with Crippen molar-refractivity contribution in [3.63, 3.8) is 0 Å². The van der Waals surface area contributed by atoms with Gasteiger partial charge in [0.15, 0.2) is 0 Å². The van der Waals surface area contributed by atoms with Crippen LogP contribution in [0, 0.1) is 0 Å². The Bertz CT molecular complexity index is 745. The molecule has 0 spiro atoms. The van der Waals surface area contributed by atoms with Gasteiger partial charge in [-0.3, -0.25) is 9.59 Å². The van der Waals surface area contributed by atoms with Gasteiger partial charge in [0.2, 0.25) is 11.8 Å². The van der Waals surface area contributed by atoms with Crippen molar-refractivity contribution in [3.05, 3.63) is 59.7 Å². The minimum atomic E-state index is 0.0500. The number of nitrogens with zero attached hydrogens (tertiary/aromatic N) is 2. The highest BCUT2D eigenvalue weighted by molar-refractivity contribution is 5.91. The molecule has 0 aliphatic heterocycles. The van der Waals surface area contributed by atoms with Crippen LogP contribution < -0.4 is 10.6 Å². The molecule has 0 heterocycles. The standard InChI is InChI=1S/C25H36N4O2/c1-28(2)17-5-7-24(30)26-22-13-9-20(10-14-22)19-21-11-15-23(16-12-21)27-25(31)8-6-18-29(3)4/h9-16H,5-8,17-19H2,1-4H3,(H,26,30)(H,27,31). The highest BCUT2D eigenvalue weighted by Gasteiger charge is 2.05. The Morgan fingerprint density at radius 2 is 1.00 bits per heavy atom. The molecule has 0 aromatic heterocycles. The number of benzene rings is 2. The third-order valence-corrected chi connectivity index (χ3v) is 4.90. The van der Waals surface area contributed by atoms with Crippen molar-refractivity contribution >= 4 is 23.2 Å². The zero-order valence-electron chi connectivity index (χ0n) is 19.3. The Kier molecular flexibility index (Phi) is 10.2. The summed E-state index contributed by atoms with van der Waals surface area (Å²) in [6.07, 6.45) is 3.55. The number of hydrogen-bond donors (Lipinski definition) is 2. The fourth-order valence-electron chi connectivity index (χ4n) is 3.21. The first-order chi connectivity index (χ1) is 14.8. The first-order valence-electron chi connectivity index (χ1n) is 10.9. The summed E-state index contributed by atoms with van der Waals surface area (Å²) in [5.41, 5.74) is 3.99. The van der Waals surface area contributed by atoms with Gasteiger partial charge in [-0.25, -0.2) is 0 Å². The van der Waals surface area contributed by atoms with E-state index in [2.05, 4.69) is 20.4 Å². The van der Waals surface area contributed by atoms with Gasteiger partial charge in [0, 0.05) is 24.2 Å². The Hall–Kier alpha value is -2.70. The summed E-state index contributed by atoms with van der Waals surface area (Å²) in [6.45, 7) is 1.82. The highest BCUT2D eigenvalue weighted by Crippen LogP contribution is 2.16. The van der Waals surface area contributed by atoms with E-state index in [1.807, 2.05) is 76.7 Å². The second-order valence-electron chi connectivity index (χ2n) is 8.48. The maximum Gasteiger partial charge on any atom is 0.224 e. The Balaban J connectivity index is 1.78. The SMILES string of the molecule is CN(C)CCCC(=O)Nc1ccc(Cc2ccc(NC(=O)CCCN(C)C)cc2)cc1. The van der Waals surface area contributed by atoms with Crippen LogP contribution in [-0.4, -0.2) is 62.9 Å². The lowest BCUT2D eigenvalue weighted by molar-refractivity contribution is -0.117. The third-order valence-electron chi connectivity index (χ3n) is 4.90. The van der Waals surface area contributed by atoms with E-state index in [4.69, 9.17) is 0 Å². The van der Waals surface area contributed by atoms with E-state index < -0.39 is 0 Å². The number of hydrogen-bond acceptors (Lipinski definition) is 4. The molecule has 0 saturated heterocycles. The molecule has 0 fully saturated rings. The van der Waals surface area contributed by atoms with Crippen molar-refractivity contribution < 1.29 is 9.59 Å². The van der Waals surface area contributed by atoms with Crippen LogP contribution >= 0.6 is 0 Å². The Morgan fingerprint density at radius 3 is 1.32 bits per heavy atom. The van der Waals surface area contributed by atoms with Gasteiger partial charge in [-0.05, 0) is 95.9 Å². The van der Waals surface area contributed by atoms with Crippen LogP contribution in [0.4, 0.5) is 11.4 Å². The van der Waals surface area contributed by atoms with Gasteiger partial charge < -0.3 is 20.4 Å². The number of amides is 2. The summed E-state index contributed by atoms with van der Waals surface area (Å²) in [5, 5.41) is 5.91. The van der Waals surface area contributed by atoms with Gasteiger partial charge in [0.1, 0.15) is 0 Å². The summed E-state index contributed by atoms with van der Waals surface area (Å²) in [4.78, 5) is 28.2. The lowest BCUT2D eigenvalue weighted by Gasteiger charge is -2.10. The first kappa shape index (κ1) is 24.6. The predicted octanol–water partition coefficient (Wildman–Crippen LogP) is 3.84. The maximum absolute atomic E-state index is 12.0. The van der Waals surface area contributed by atoms with E-state index in [0.29, 0.717) is 12.8 Å². The van der Waals surface area contributed by atoms with E-state index in [9.17, 15) is 9.59 Å². The van der Waals surface area contributed by atoms with Gasteiger partial charge in [-0.15, -0.1) is 0 Å². The van der Waals surface area contributed by atoms with Crippen LogP contribution in [0.15, 0.2) is 48.5 Å². The van der Waals surface area contributed by atoms with Gasteiger partial charge in [-0.1, -0.05) is 24.3 Å². The van der Waals surface area contributed by atoms with Gasteiger partial charge in [0.05, 0.1) is 0 Å². The zero-order chi connectivity index (χ0) is 22.6. The van der Waals surface area contributed by atoms with Crippen LogP contribution in [0.5, 0.6) is 0 Å². The highest BCUT2D eigenvalue weighted by atomic mass is 16.2. The summed E-state index contributed by atoms with van der Waals surface area (Å²) in [5.74, 6) is 0.0999. The average Bonchev–Trinajstić information content (AvgIpc) is 2.70. The molecule has 0 bridgehead atoms. The largest absolute Gasteiger partial charge is 0.326 e. The zero-order valence-corrected chi connectivity index (χ0v) is 19.3. The molecule has 2 rings (SSSR count). The summed E-state index contributed by atoms with van der Waals surface area (Å²) < 4.78 is 0. The maximum atomic E-state index is 12.0. The fraction of sp³-hybridized carbons (Fsp3) is 0.440. The quantitative estimate of drug-likeness (QED) is 0.543. The van der Waals surface area contributed by atoms with Crippen molar-refractivity contribution in [1.82, 2.24) is 9.80 Å². The topological polar surface area (TPSA) is 64.7 Å². The predicted molar refractivity (Wildman–Crippen MR) is 129 cm³/mol. The second-order valence-corrected chi connectivity index (χ2v) is 8.48. The summed E-state index contributed by atoms with van der Waals surface area (Å²) in [6, 6.07) is 15.9. The van der Waals surface area contributed by atoms with E-state index in [1.54, 1.807) is 0 Å². The van der Waals surface area contributed by atoms with E-state index in [-0.39, 0.29) is 11.8 Å². The summed E-state index contributed by atoms with van der Waals surface area (Å²) in [7, 11) is 8.03. The number of anilines is 2. The van der Waals surface area contributed by atoms with Crippen LogP contribution in [0.25, 0.3) is 0 Å². The molecular formula is C25H36N4O2. The molecule has 6 heteroatoms. The first-order valence-corrected chi connectivity index (χ1v) is 10.9. The average molecular weight is 425 g/mol. The molecule has 168 valence electrons. The van der Waals surface area contributed by atoms with Crippen molar-refractivity contribution in [3.8, 4) is 0 Å². The van der Waals surface area contributed by atoms with E-state index >= 15 is 0 Å². The molecule has 6 nitrogen and oxygen atoms in total. The molecule has 31 heavy (non-hydrogen) atoms. The van der Waals surface area contributed by atoms with Crippen molar-refractivity contribution in [1.29, 1.82) is 0 Å². The molecule has 0 unspecified atom stereocenters. The Labute approximate surface area is 186 Å². The smallest absolute Gasteiger partial charge is 0.224 e. The number of rotatable bonds is 12. The summed E-state index contributed by atoms with van der Waals surface area (Å²) >= 11 is 0. The third kappa shape index (κ3) is 10.2. The number of nitrogens with one attached hydrogen (secondary N) is 2. The molecule has 2 aromatic rings. The van der Waals surface area contributed by atoms with Gasteiger partial charge in [-0.2, -0.15) is 0 Å². The minimum absolute atomic E-state index is 0.0500. The van der Waals surface area contributed by atoms with Crippen LogP contribution in [-0.2, 0) is 16.0 Å². The molecule has 2 amide bonds. The van der Waals surface area contributed by atoms with Crippen LogP contribution in [0.2, 0.25) is 0 Å². The van der Waals surface area contributed by atoms with E-state index in [1.165, 1.54) is 11.1 Å². The lowest BCUT2D eigenvalue weighted by atomic mass is 10.0. The Morgan fingerprint density at radius 1 is 0.645 bits per heavy atom. The molecule has 0 saturated carbocycles. The molecular weight excluding hydrogens is 388 g/mol. The molecule has 2 N–H and O–H groups in total. The fourth-order valence-corrected chi connectivity index (χ4v) is 3.21. The molecule has 0 radical (unpaired) electrons. The van der Waals surface area contributed by atoms with Crippen molar-refractivity contribution in [2.24, 2.45) is 0 Å². The van der Waals surface area contributed by atoms with Gasteiger partial charge >= 0.3 is 0 Å². The van der Waals surface area contributed by atoms with Crippen LogP contribution in [0.1, 0.15) is 36.8 Å². The molecule has 0 aliphatic carbocycles. The van der Waals surface area contributed by atoms with E-state index in [0.717, 1.165) is 43.7 Å². The lowest BCUT2D eigenvalue weighted by Crippen LogP contribution is -2.17.